The van der Waals surface area contributed by atoms with E-state index in [1.165, 1.54) is 12.1 Å². The average Bonchev–Trinajstić information content (AvgIpc) is 3.05. The third kappa shape index (κ3) is 4.63. The van der Waals surface area contributed by atoms with E-state index in [4.69, 9.17) is 9.72 Å². The number of halogens is 1. The van der Waals surface area contributed by atoms with E-state index in [0.29, 0.717) is 13.0 Å². The van der Waals surface area contributed by atoms with E-state index in [2.05, 4.69) is 0 Å². The van der Waals surface area contributed by atoms with Crippen LogP contribution in [-0.4, -0.2) is 27.4 Å². The first-order chi connectivity index (χ1) is 14.1. The van der Waals surface area contributed by atoms with Crippen molar-refractivity contribution in [1.29, 1.82) is 0 Å². The summed E-state index contributed by atoms with van der Waals surface area (Å²) in [6.07, 6.45) is -0.138. The van der Waals surface area contributed by atoms with Gasteiger partial charge in [-0.2, -0.15) is 0 Å². The van der Waals surface area contributed by atoms with Crippen LogP contribution in [-0.2, 0) is 13.0 Å². The van der Waals surface area contributed by atoms with E-state index < -0.39 is 6.10 Å². The zero-order valence-corrected chi connectivity index (χ0v) is 16.3. The van der Waals surface area contributed by atoms with E-state index in [-0.39, 0.29) is 12.4 Å². The Morgan fingerprint density at radius 1 is 1.03 bits per heavy atom. The van der Waals surface area contributed by atoms with Crippen molar-refractivity contribution in [3.8, 4) is 5.75 Å². The molecule has 0 fully saturated rings. The lowest BCUT2D eigenvalue weighted by molar-refractivity contribution is 0.0928. The van der Waals surface area contributed by atoms with Gasteiger partial charge < -0.3 is 14.4 Å². The van der Waals surface area contributed by atoms with Gasteiger partial charge in [-0.25, -0.2) is 9.37 Å². The van der Waals surface area contributed by atoms with E-state index in [1.807, 2.05) is 60.0 Å². The van der Waals surface area contributed by atoms with Gasteiger partial charge in [-0.1, -0.05) is 36.4 Å². The van der Waals surface area contributed by atoms with E-state index >= 15 is 0 Å². The molecule has 1 heterocycles. The summed E-state index contributed by atoms with van der Waals surface area (Å²) in [6.45, 7) is 2.55. The molecule has 4 aromatic rings. The van der Waals surface area contributed by atoms with Crippen LogP contribution >= 0.6 is 0 Å². The summed E-state index contributed by atoms with van der Waals surface area (Å²) in [5, 5.41) is 10.6. The molecule has 0 aliphatic heterocycles. The molecule has 29 heavy (non-hydrogen) atoms. The van der Waals surface area contributed by atoms with Crippen LogP contribution in [0, 0.1) is 12.7 Å². The molecule has 1 aromatic heterocycles. The van der Waals surface area contributed by atoms with Crippen molar-refractivity contribution in [3.63, 3.8) is 0 Å². The van der Waals surface area contributed by atoms with Crippen LogP contribution < -0.4 is 4.74 Å². The number of hydrogen-bond donors (Lipinski definition) is 1. The van der Waals surface area contributed by atoms with Crippen LogP contribution in [0.15, 0.2) is 72.8 Å². The molecular formula is C24H23FN2O2. The lowest BCUT2D eigenvalue weighted by atomic mass is 10.1. The van der Waals surface area contributed by atoms with Gasteiger partial charge >= 0.3 is 0 Å². The van der Waals surface area contributed by atoms with Crippen molar-refractivity contribution < 1.29 is 14.2 Å². The Morgan fingerprint density at radius 2 is 1.83 bits per heavy atom. The maximum Gasteiger partial charge on any atom is 0.123 e. The third-order valence-electron chi connectivity index (χ3n) is 4.83. The first-order valence-electron chi connectivity index (χ1n) is 9.64. The van der Waals surface area contributed by atoms with Crippen LogP contribution in [0.5, 0.6) is 5.75 Å². The normalized spacial score (nSPS) is 12.2. The molecule has 0 spiro atoms. The number of ether oxygens (including phenoxy) is 1. The molecule has 148 valence electrons. The number of nitrogens with zero attached hydrogens (tertiary/aromatic N) is 2. The number of benzene rings is 3. The Bertz CT molecular complexity index is 1110. The number of imidazole rings is 1. The molecule has 1 N–H and O–H groups in total. The second kappa shape index (κ2) is 8.45. The number of aliphatic hydroxyl groups is 1. The fraction of sp³-hybridized carbons (Fsp3) is 0.208. The third-order valence-corrected chi connectivity index (χ3v) is 4.83. The summed E-state index contributed by atoms with van der Waals surface area (Å²) in [4.78, 5) is 4.73. The zero-order chi connectivity index (χ0) is 20.2. The van der Waals surface area contributed by atoms with Gasteiger partial charge in [-0.15, -0.1) is 0 Å². The van der Waals surface area contributed by atoms with Crippen molar-refractivity contribution >= 4 is 11.0 Å². The van der Waals surface area contributed by atoms with E-state index in [1.54, 1.807) is 12.1 Å². The van der Waals surface area contributed by atoms with Gasteiger partial charge in [0, 0.05) is 6.42 Å². The van der Waals surface area contributed by atoms with Crippen LogP contribution in [0.2, 0.25) is 0 Å². The van der Waals surface area contributed by atoms with Crippen LogP contribution in [0.25, 0.3) is 11.0 Å². The summed E-state index contributed by atoms with van der Waals surface area (Å²) in [7, 11) is 0. The molecule has 0 aliphatic carbocycles. The zero-order valence-electron chi connectivity index (χ0n) is 16.3. The van der Waals surface area contributed by atoms with Gasteiger partial charge in [0.15, 0.2) is 0 Å². The van der Waals surface area contributed by atoms with Crippen molar-refractivity contribution in [3.05, 3.63) is 95.6 Å². The molecule has 1 atom stereocenters. The number of aliphatic hydroxyl groups excluding tert-OH is 1. The minimum atomic E-state index is -0.694. The van der Waals surface area contributed by atoms with Crippen molar-refractivity contribution in [2.45, 2.75) is 26.0 Å². The topological polar surface area (TPSA) is 47.3 Å². The average molecular weight is 390 g/mol. The van der Waals surface area contributed by atoms with Gasteiger partial charge in [-0.05, 0) is 54.4 Å². The highest BCUT2D eigenvalue weighted by Crippen LogP contribution is 2.20. The Morgan fingerprint density at radius 3 is 2.62 bits per heavy atom. The highest BCUT2D eigenvalue weighted by atomic mass is 19.1. The molecule has 0 radical (unpaired) electrons. The molecule has 0 saturated heterocycles. The van der Waals surface area contributed by atoms with Crippen LogP contribution in [0.1, 0.15) is 17.0 Å². The Kier molecular flexibility index (Phi) is 5.58. The highest BCUT2D eigenvalue weighted by Gasteiger charge is 2.15. The summed E-state index contributed by atoms with van der Waals surface area (Å²) in [6, 6.07) is 22.0. The number of para-hydroxylation sites is 2. The predicted molar refractivity (Wildman–Crippen MR) is 112 cm³/mol. The quantitative estimate of drug-likeness (QED) is 0.505. The van der Waals surface area contributed by atoms with E-state index in [9.17, 15) is 9.50 Å². The smallest absolute Gasteiger partial charge is 0.123 e. The highest BCUT2D eigenvalue weighted by molar-refractivity contribution is 5.76. The van der Waals surface area contributed by atoms with Gasteiger partial charge in [0.25, 0.3) is 0 Å². The predicted octanol–water partition coefficient (Wildman–Crippen LogP) is 4.51. The number of fused-ring (bicyclic) bond motifs is 1. The first-order valence-corrected chi connectivity index (χ1v) is 9.64. The number of aromatic nitrogens is 2. The molecule has 0 amide bonds. The largest absolute Gasteiger partial charge is 0.491 e. The molecule has 5 heteroatoms. The standard InChI is InChI=1S/C24H23FN2O2/c1-17-5-4-6-21(13-17)29-16-20(28)15-27-23-8-3-2-7-22(23)26-24(27)14-18-9-11-19(25)12-10-18/h2-13,20,28H,14-16H2,1H3. The summed E-state index contributed by atoms with van der Waals surface area (Å²) >= 11 is 0. The molecule has 0 saturated carbocycles. The fourth-order valence-electron chi connectivity index (χ4n) is 3.41. The fourth-order valence-corrected chi connectivity index (χ4v) is 3.41. The van der Waals surface area contributed by atoms with Crippen molar-refractivity contribution in [1.82, 2.24) is 9.55 Å². The monoisotopic (exact) mass is 390 g/mol. The van der Waals surface area contributed by atoms with Gasteiger partial charge in [0.05, 0.1) is 17.6 Å². The lowest BCUT2D eigenvalue weighted by Gasteiger charge is -2.16. The molecular weight excluding hydrogens is 367 g/mol. The van der Waals surface area contributed by atoms with Gasteiger partial charge in [-0.3, -0.25) is 0 Å². The van der Waals surface area contributed by atoms with Gasteiger partial charge in [0.2, 0.25) is 0 Å². The molecule has 3 aromatic carbocycles. The number of aryl methyl sites for hydroxylation is 1. The SMILES string of the molecule is Cc1cccc(OCC(O)Cn2c(Cc3ccc(F)cc3)nc3ccccc32)c1. The lowest BCUT2D eigenvalue weighted by Crippen LogP contribution is -2.24. The van der Waals surface area contributed by atoms with Crippen molar-refractivity contribution in [2.24, 2.45) is 0 Å². The summed E-state index contributed by atoms with van der Waals surface area (Å²) in [5.74, 6) is 1.31. The minimum absolute atomic E-state index is 0.186. The summed E-state index contributed by atoms with van der Waals surface area (Å²) in [5.41, 5.74) is 3.91. The Labute approximate surface area is 169 Å². The molecule has 0 bridgehead atoms. The minimum Gasteiger partial charge on any atom is -0.491 e. The molecule has 0 aliphatic rings. The first kappa shape index (κ1) is 19.2. The van der Waals surface area contributed by atoms with Crippen molar-refractivity contribution in [2.75, 3.05) is 6.61 Å². The van der Waals surface area contributed by atoms with Crippen LogP contribution in [0.3, 0.4) is 0 Å². The Balaban J connectivity index is 1.54. The molecule has 1 unspecified atom stereocenters. The van der Waals surface area contributed by atoms with Gasteiger partial charge in [0.1, 0.15) is 30.1 Å². The van der Waals surface area contributed by atoms with E-state index in [0.717, 1.165) is 33.7 Å². The maximum atomic E-state index is 13.2. The molecule has 4 nitrogen and oxygen atoms in total. The molecule has 4 rings (SSSR count). The number of hydrogen-bond acceptors (Lipinski definition) is 3. The Hall–Kier alpha value is -3.18. The second-order valence-electron chi connectivity index (χ2n) is 7.21. The van der Waals surface area contributed by atoms with Crippen LogP contribution in [0.4, 0.5) is 4.39 Å². The summed E-state index contributed by atoms with van der Waals surface area (Å²) < 4.78 is 21.0. The maximum absolute atomic E-state index is 13.2. The number of rotatable bonds is 7. The second-order valence-corrected chi connectivity index (χ2v) is 7.21.